The van der Waals surface area contributed by atoms with Crippen LogP contribution in [0.2, 0.25) is 0 Å². The van der Waals surface area contributed by atoms with Gasteiger partial charge in [0.25, 0.3) is 0 Å². The van der Waals surface area contributed by atoms with Crippen molar-refractivity contribution in [1.82, 2.24) is 5.32 Å². The van der Waals surface area contributed by atoms with Crippen molar-refractivity contribution >= 4 is 11.9 Å². The number of ether oxygens (including phenoxy) is 3. The molecule has 2 unspecified atom stereocenters. The van der Waals surface area contributed by atoms with Gasteiger partial charge in [0.1, 0.15) is 25.0 Å². The molecule has 0 bridgehead atoms. The van der Waals surface area contributed by atoms with E-state index in [4.69, 9.17) is 20.1 Å². The molecule has 2 atom stereocenters. The highest BCUT2D eigenvalue weighted by atomic mass is 16.5. The van der Waals surface area contributed by atoms with Gasteiger partial charge in [-0.15, -0.1) is 0 Å². The van der Waals surface area contributed by atoms with Crippen LogP contribution in [0.1, 0.15) is 5.56 Å². The van der Waals surface area contributed by atoms with E-state index in [1.165, 1.54) is 7.11 Å². The fourth-order valence-electron chi connectivity index (χ4n) is 1.91. The van der Waals surface area contributed by atoms with Gasteiger partial charge in [-0.1, -0.05) is 17.2 Å². The van der Waals surface area contributed by atoms with Crippen LogP contribution in [0.5, 0.6) is 5.75 Å². The quantitative estimate of drug-likeness (QED) is 0.197. The van der Waals surface area contributed by atoms with E-state index in [0.717, 1.165) is 5.56 Å². The van der Waals surface area contributed by atoms with E-state index in [1.807, 2.05) is 0 Å². The van der Waals surface area contributed by atoms with Gasteiger partial charge in [-0.05, 0) is 23.2 Å². The van der Waals surface area contributed by atoms with E-state index in [9.17, 15) is 14.7 Å². The third kappa shape index (κ3) is 8.88. The highest BCUT2D eigenvalue weighted by Crippen LogP contribution is 2.14. The minimum absolute atomic E-state index is 0.0531. The topological polar surface area (TPSA) is 163 Å². The Balaban J connectivity index is 2.55. The molecule has 0 fully saturated rings. The molecule has 0 spiro atoms. The van der Waals surface area contributed by atoms with Crippen LogP contribution in [0.3, 0.4) is 0 Å². The Morgan fingerprint density at radius 1 is 1.37 bits per heavy atom. The molecular weight excluding hydrogens is 360 g/mol. The smallest absolute Gasteiger partial charge is 0.330 e. The summed E-state index contributed by atoms with van der Waals surface area (Å²) < 4.78 is 15.4. The molecule has 0 heterocycles. The number of azide groups is 1. The number of methoxy groups -OCH3 is 1. The Bertz CT molecular complexity index is 664. The summed E-state index contributed by atoms with van der Waals surface area (Å²) in [5.41, 5.74) is 8.93. The lowest BCUT2D eigenvalue weighted by Crippen LogP contribution is -2.45. The van der Waals surface area contributed by atoms with Gasteiger partial charge in [0.2, 0.25) is 5.91 Å². The van der Waals surface area contributed by atoms with Crippen LogP contribution >= 0.6 is 0 Å². The molecule has 0 aliphatic rings. The SMILES string of the molecule is COC(=O)C(COCc1cccc(OCC(O)CO)c1)NC(=O)CN=[N+]=[N-]. The zero-order valence-corrected chi connectivity index (χ0v) is 14.8. The molecule has 1 aromatic carbocycles. The predicted molar refractivity (Wildman–Crippen MR) is 92.6 cm³/mol. The normalized spacial score (nSPS) is 12.4. The lowest BCUT2D eigenvalue weighted by atomic mass is 10.2. The number of esters is 1. The van der Waals surface area contributed by atoms with E-state index < -0.39 is 37.2 Å². The van der Waals surface area contributed by atoms with Crippen LogP contribution in [0.4, 0.5) is 0 Å². The second-order valence-electron chi connectivity index (χ2n) is 5.34. The van der Waals surface area contributed by atoms with Crippen LogP contribution in [0.15, 0.2) is 29.4 Å². The first-order valence-corrected chi connectivity index (χ1v) is 7.96. The summed E-state index contributed by atoms with van der Waals surface area (Å²) in [6.07, 6.45) is -0.973. The average Bonchev–Trinajstić information content (AvgIpc) is 2.69. The molecule has 0 saturated heterocycles. The minimum atomic E-state index is -1.05. The van der Waals surface area contributed by atoms with Gasteiger partial charge in [0.05, 0.1) is 26.9 Å². The van der Waals surface area contributed by atoms with Crippen LogP contribution in [-0.2, 0) is 25.7 Å². The van der Waals surface area contributed by atoms with Gasteiger partial charge in [-0.25, -0.2) is 4.79 Å². The zero-order valence-electron chi connectivity index (χ0n) is 14.8. The number of hydrogen-bond acceptors (Lipinski definition) is 8. The number of carbonyl (C=O) groups is 2. The summed E-state index contributed by atoms with van der Waals surface area (Å²) in [7, 11) is 1.18. The first-order valence-electron chi connectivity index (χ1n) is 7.96. The van der Waals surface area contributed by atoms with Gasteiger partial charge < -0.3 is 29.7 Å². The van der Waals surface area contributed by atoms with Crippen molar-refractivity contribution in [1.29, 1.82) is 0 Å². The first kappa shape index (κ1) is 22.2. The fraction of sp³-hybridized carbons (Fsp3) is 0.500. The van der Waals surface area contributed by atoms with Crippen molar-refractivity contribution in [2.75, 3.05) is 33.5 Å². The molecule has 1 rings (SSSR count). The van der Waals surface area contributed by atoms with E-state index in [2.05, 4.69) is 20.1 Å². The molecule has 0 saturated carbocycles. The van der Waals surface area contributed by atoms with Crippen molar-refractivity contribution in [3.05, 3.63) is 40.3 Å². The molecule has 3 N–H and O–H groups in total. The Hall–Kier alpha value is -2.85. The van der Waals surface area contributed by atoms with Crippen LogP contribution in [0, 0.1) is 0 Å². The molecular formula is C16H22N4O7. The highest BCUT2D eigenvalue weighted by molar-refractivity contribution is 5.85. The number of aliphatic hydroxyl groups is 2. The Morgan fingerprint density at radius 3 is 2.81 bits per heavy atom. The standard InChI is InChI=1S/C16H22N4O7/c1-25-16(24)14(19-15(23)6-18-20-17)10-26-8-11-3-2-4-13(5-11)27-9-12(22)7-21/h2-5,12,14,21-22H,6-10H2,1H3,(H,19,23). The maximum Gasteiger partial charge on any atom is 0.330 e. The fourth-order valence-corrected chi connectivity index (χ4v) is 1.91. The summed E-state index contributed by atoms with van der Waals surface area (Å²) in [6, 6.07) is 5.80. The minimum Gasteiger partial charge on any atom is -0.491 e. The Morgan fingerprint density at radius 2 is 2.15 bits per heavy atom. The average molecular weight is 382 g/mol. The van der Waals surface area contributed by atoms with Crippen molar-refractivity contribution in [3.63, 3.8) is 0 Å². The maximum atomic E-state index is 11.7. The largest absolute Gasteiger partial charge is 0.491 e. The summed E-state index contributed by atoms with van der Waals surface area (Å²) in [5.74, 6) is -0.847. The third-order valence-electron chi connectivity index (χ3n) is 3.20. The van der Waals surface area contributed by atoms with E-state index >= 15 is 0 Å². The number of nitrogens with zero attached hydrogens (tertiary/aromatic N) is 3. The first-order chi connectivity index (χ1) is 13.0. The van der Waals surface area contributed by atoms with Crippen molar-refractivity contribution < 1.29 is 34.0 Å². The van der Waals surface area contributed by atoms with Crippen LogP contribution in [-0.4, -0.2) is 67.7 Å². The number of rotatable bonds is 12. The van der Waals surface area contributed by atoms with Crippen LogP contribution < -0.4 is 10.1 Å². The van der Waals surface area contributed by atoms with E-state index in [1.54, 1.807) is 24.3 Å². The lowest BCUT2D eigenvalue weighted by Gasteiger charge is -2.16. The highest BCUT2D eigenvalue weighted by Gasteiger charge is 2.21. The van der Waals surface area contributed by atoms with E-state index in [0.29, 0.717) is 5.75 Å². The van der Waals surface area contributed by atoms with Gasteiger partial charge in [0.15, 0.2) is 6.04 Å². The summed E-state index contributed by atoms with van der Waals surface area (Å²) in [6.45, 7) is -0.920. The second-order valence-corrected chi connectivity index (χ2v) is 5.34. The molecule has 148 valence electrons. The molecule has 11 nitrogen and oxygen atoms in total. The molecule has 0 aliphatic heterocycles. The molecule has 27 heavy (non-hydrogen) atoms. The molecule has 0 radical (unpaired) electrons. The third-order valence-corrected chi connectivity index (χ3v) is 3.20. The number of aliphatic hydroxyl groups excluding tert-OH is 2. The molecule has 0 aliphatic carbocycles. The monoisotopic (exact) mass is 382 g/mol. The van der Waals surface area contributed by atoms with Crippen molar-refractivity contribution in [3.8, 4) is 5.75 Å². The number of amides is 1. The molecule has 1 aromatic rings. The molecule has 0 aromatic heterocycles. The summed E-state index contributed by atoms with van der Waals surface area (Å²) in [4.78, 5) is 25.7. The number of nitrogens with one attached hydrogen (secondary N) is 1. The van der Waals surface area contributed by atoms with Gasteiger partial charge in [-0.3, -0.25) is 4.79 Å². The lowest BCUT2D eigenvalue weighted by molar-refractivity contribution is -0.146. The van der Waals surface area contributed by atoms with Crippen molar-refractivity contribution in [2.24, 2.45) is 5.11 Å². The van der Waals surface area contributed by atoms with E-state index in [-0.39, 0.29) is 19.8 Å². The zero-order chi connectivity index (χ0) is 20.1. The van der Waals surface area contributed by atoms with Gasteiger partial charge in [0, 0.05) is 4.91 Å². The summed E-state index contributed by atoms with van der Waals surface area (Å²) in [5, 5.41) is 23.5. The second kappa shape index (κ2) is 12.5. The Kier molecular flexibility index (Phi) is 10.3. The van der Waals surface area contributed by atoms with Gasteiger partial charge in [-0.2, -0.15) is 0 Å². The summed E-state index contributed by atoms with van der Waals surface area (Å²) >= 11 is 0. The van der Waals surface area contributed by atoms with Crippen LogP contribution in [0.25, 0.3) is 10.4 Å². The molecule has 11 heteroatoms. The number of carbonyl (C=O) groups excluding carboxylic acids is 2. The number of benzene rings is 1. The Labute approximate surface area is 155 Å². The van der Waals surface area contributed by atoms with Crippen molar-refractivity contribution in [2.45, 2.75) is 18.8 Å². The van der Waals surface area contributed by atoms with Gasteiger partial charge >= 0.3 is 5.97 Å². The maximum absolute atomic E-state index is 11.7. The number of hydrogen-bond donors (Lipinski definition) is 3. The molecule has 1 amide bonds. The predicted octanol–water partition coefficient (Wildman–Crippen LogP) is -0.0967.